The number of aliphatic imine (C=N–C) groups is 1. The van der Waals surface area contributed by atoms with Gasteiger partial charge in [0.25, 0.3) is 0 Å². The Hall–Kier alpha value is -2.39. The van der Waals surface area contributed by atoms with E-state index in [0.717, 1.165) is 18.1 Å². The lowest BCUT2D eigenvalue weighted by Gasteiger charge is -2.15. The molecule has 1 heterocycles. The van der Waals surface area contributed by atoms with Gasteiger partial charge in [-0.1, -0.05) is 48.5 Å². The van der Waals surface area contributed by atoms with Crippen LogP contribution in [0.3, 0.4) is 0 Å². The standard InChI is InChI=1S/C22H27N5O.HI/c1-23-22(24-14-18-7-5-8-19(13-18)17-28-2)25-15-20-9-3-4-10-21(20)16-27-12-6-11-26-27;/h3-13H,14-17H2,1-2H3,(H2,23,24,25);1H. The second-order valence-corrected chi connectivity index (χ2v) is 6.50. The van der Waals surface area contributed by atoms with Gasteiger partial charge >= 0.3 is 0 Å². The second-order valence-electron chi connectivity index (χ2n) is 6.50. The molecule has 0 bridgehead atoms. The molecule has 29 heavy (non-hydrogen) atoms. The van der Waals surface area contributed by atoms with Gasteiger partial charge in [0.05, 0.1) is 13.2 Å². The molecular formula is C22H28IN5O. The minimum Gasteiger partial charge on any atom is -0.380 e. The molecule has 2 aromatic carbocycles. The lowest BCUT2D eigenvalue weighted by atomic mass is 10.1. The fourth-order valence-corrected chi connectivity index (χ4v) is 3.03. The van der Waals surface area contributed by atoms with Crippen LogP contribution in [0.5, 0.6) is 0 Å². The van der Waals surface area contributed by atoms with E-state index in [9.17, 15) is 0 Å². The first-order valence-corrected chi connectivity index (χ1v) is 9.34. The molecule has 0 aliphatic carbocycles. The molecule has 3 rings (SSSR count). The second kappa shape index (κ2) is 12.2. The van der Waals surface area contributed by atoms with Gasteiger partial charge in [-0.2, -0.15) is 5.10 Å². The van der Waals surface area contributed by atoms with Crippen LogP contribution in [0.15, 0.2) is 72.0 Å². The van der Waals surface area contributed by atoms with Gasteiger partial charge in [0.2, 0.25) is 0 Å². The average molecular weight is 505 g/mol. The van der Waals surface area contributed by atoms with Gasteiger partial charge in [-0.05, 0) is 28.3 Å². The highest BCUT2D eigenvalue weighted by Crippen LogP contribution is 2.10. The van der Waals surface area contributed by atoms with Gasteiger partial charge in [0.15, 0.2) is 5.96 Å². The lowest BCUT2D eigenvalue weighted by Crippen LogP contribution is -2.36. The highest BCUT2D eigenvalue weighted by Gasteiger charge is 2.05. The third kappa shape index (κ3) is 7.17. The number of aromatic nitrogens is 2. The van der Waals surface area contributed by atoms with Crippen molar-refractivity contribution in [3.63, 3.8) is 0 Å². The maximum atomic E-state index is 5.20. The van der Waals surface area contributed by atoms with Crippen LogP contribution >= 0.6 is 24.0 Å². The maximum Gasteiger partial charge on any atom is 0.191 e. The van der Waals surface area contributed by atoms with Crippen molar-refractivity contribution in [2.45, 2.75) is 26.2 Å². The summed E-state index contributed by atoms with van der Waals surface area (Å²) in [5.41, 5.74) is 4.82. The summed E-state index contributed by atoms with van der Waals surface area (Å²) in [6.45, 7) is 2.77. The summed E-state index contributed by atoms with van der Waals surface area (Å²) in [5, 5.41) is 11.1. The smallest absolute Gasteiger partial charge is 0.191 e. The predicted molar refractivity (Wildman–Crippen MR) is 127 cm³/mol. The summed E-state index contributed by atoms with van der Waals surface area (Å²) >= 11 is 0. The first-order valence-electron chi connectivity index (χ1n) is 9.34. The summed E-state index contributed by atoms with van der Waals surface area (Å²) in [6.07, 6.45) is 3.77. The summed E-state index contributed by atoms with van der Waals surface area (Å²) in [4.78, 5) is 4.33. The van der Waals surface area contributed by atoms with Crippen LogP contribution in [0, 0.1) is 0 Å². The Kier molecular flexibility index (Phi) is 9.66. The minimum absolute atomic E-state index is 0. The fourth-order valence-electron chi connectivity index (χ4n) is 3.03. The van der Waals surface area contributed by atoms with E-state index >= 15 is 0 Å². The normalized spacial score (nSPS) is 11.0. The molecule has 154 valence electrons. The van der Waals surface area contributed by atoms with E-state index in [1.165, 1.54) is 16.7 Å². The van der Waals surface area contributed by atoms with E-state index in [1.54, 1.807) is 20.4 Å². The van der Waals surface area contributed by atoms with Crippen molar-refractivity contribution in [1.82, 2.24) is 20.4 Å². The molecule has 0 unspecified atom stereocenters. The third-order valence-electron chi connectivity index (χ3n) is 4.44. The number of nitrogens with zero attached hydrogens (tertiary/aromatic N) is 3. The fraction of sp³-hybridized carbons (Fsp3) is 0.273. The molecule has 0 aliphatic rings. The van der Waals surface area contributed by atoms with Crippen molar-refractivity contribution >= 4 is 29.9 Å². The molecule has 3 aromatic rings. The molecule has 0 amide bonds. The monoisotopic (exact) mass is 505 g/mol. The van der Waals surface area contributed by atoms with Gasteiger partial charge in [-0.25, -0.2) is 0 Å². The molecule has 0 saturated carbocycles. The first-order chi connectivity index (χ1) is 13.8. The molecular weight excluding hydrogens is 477 g/mol. The summed E-state index contributed by atoms with van der Waals surface area (Å²) in [7, 11) is 3.49. The van der Waals surface area contributed by atoms with E-state index in [-0.39, 0.29) is 24.0 Å². The Bertz CT molecular complexity index is 896. The molecule has 0 aliphatic heterocycles. The quantitative estimate of drug-likeness (QED) is 0.279. The van der Waals surface area contributed by atoms with E-state index < -0.39 is 0 Å². The topological polar surface area (TPSA) is 63.5 Å². The van der Waals surface area contributed by atoms with Crippen LogP contribution in [0.25, 0.3) is 0 Å². The van der Waals surface area contributed by atoms with Crippen LogP contribution in [0.4, 0.5) is 0 Å². The molecule has 0 radical (unpaired) electrons. The van der Waals surface area contributed by atoms with Crippen LogP contribution in [-0.2, 0) is 31.0 Å². The number of hydrogen-bond acceptors (Lipinski definition) is 3. The minimum atomic E-state index is 0. The summed E-state index contributed by atoms with van der Waals surface area (Å²) in [6, 6.07) is 18.7. The number of methoxy groups -OCH3 is 1. The van der Waals surface area contributed by atoms with E-state index in [0.29, 0.717) is 19.7 Å². The van der Waals surface area contributed by atoms with Gasteiger partial charge in [0.1, 0.15) is 0 Å². The largest absolute Gasteiger partial charge is 0.380 e. The zero-order chi connectivity index (χ0) is 19.6. The Morgan fingerprint density at radius 2 is 1.76 bits per heavy atom. The summed E-state index contributed by atoms with van der Waals surface area (Å²) in [5.74, 6) is 0.769. The lowest BCUT2D eigenvalue weighted by molar-refractivity contribution is 0.185. The zero-order valence-corrected chi connectivity index (χ0v) is 19.2. The number of guanidine groups is 1. The highest BCUT2D eigenvalue weighted by atomic mass is 127. The summed E-state index contributed by atoms with van der Waals surface area (Å²) < 4.78 is 7.13. The van der Waals surface area contributed by atoms with Gasteiger partial charge in [-0.15, -0.1) is 24.0 Å². The molecule has 1 aromatic heterocycles. The number of ether oxygens (including phenoxy) is 1. The average Bonchev–Trinajstić information content (AvgIpc) is 3.23. The van der Waals surface area contributed by atoms with Crippen molar-refractivity contribution < 1.29 is 4.74 Å². The van der Waals surface area contributed by atoms with Crippen molar-refractivity contribution in [3.8, 4) is 0 Å². The molecule has 0 fully saturated rings. The molecule has 7 heteroatoms. The van der Waals surface area contributed by atoms with Crippen LogP contribution in [0.1, 0.15) is 22.3 Å². The molecule has 0 saturated heterocycles. The van der Waals surface area contributed by atoms with Crippen LogP contribution in [-0.4, -0.2) is 29.9 Å². The first kappa shape index (κ1) is 22.9. The number of rotatable bonds is 8. The maximum absolute atomic E-state index is 5.20. The van der Waals surface area contributed by atoms with Gasteiger partial charge < -0.3 is 15.4 Å². The SMILES string of the molecule is CN=C(NCc1cccc(COC)c1)NCc1ccccc1Cn1cccn1.I. The van der Waals surface area contributed by atoms with Crippen molar-refractivity contribution in [1.29, 1.82) is 0 Å². The molecule has 0 spiro atoms. The zero-order valence-electron chi connectivity index (χ0n) is 16.8. The molecule has 6 nitrogen and oxygen atoms in total. The number of halogens is 1. The van der Waals surface area contributed by atoms with E-state index in [4.69, 9.17) is 4.74 Å². The van der Waals surface area contributed by atoms with Crippen molar-refractivity contribution in [2.24, 2.45) is 4.99 Å². The Balaban J connectivity index is 0.00000300. The molecule has 2 N–H and O–H groups in total. The number of nitrogens with one attached hydrogen (secondary N) is 2. The van der Waals surface area contributed by atoms with Gasteiger partial charge in [0, 0.05) is 39.6 Å². The number of benzene rings is 2. The Labute approximate surface area is 189 Å². The van der Waals surface area contributed by atoms with Gasteiger partial charge in [-0.3, -0.25) is 9.67 Å². The Morgan fingerprint density at radius 1 is 1.00 bits per heavy atom. The third-order valence-corrected chi connectivity index (χ3v) is 4.44. The van der Waals surface area contributed by atoms with Crippen LogP contribution in [0.2, 0.25) is 0 Å². The van der Waals surface area contributed by atoms with E-state index in [1.807, 2.05) is 23.0 Å². The predicted octanol–water partition coefficient (Wildman–Crippen LogP) is 3.56. The van der Waals surface area contributed by atoms with Crippen LogP contribution < -0.4 is 10.6 Å². The van der Waals surface area contributed by atoms with E-state index in [2.05, 4.69) is 63.2 Å². The molecule has 0 atom stereocenters. The van der Waals surface area contributed by atoms with Crippen molar-refractivity contribution in [3.05, 3.63) is 89.2 Å². The highest BCUT2D eigenvalue weighted by molar-refractivity contribution is 14.0. The number of hydrogen-bond donors (Lipinski definition) is 2. The van der Waals surface area contributed by atoms with Crippen molar-refractivity contribution in [2.75, 3.05) is 14.2 Å². The Morgan fingerprint density at radius 3 is 2.48 bits per heavy atom.